The number of piperidine rings is 1. The van der Waals surface area contributed by atoms with Crippen LogP contribution in [0.15, 0.2) is 0 Å². The van der Waals surface area contributed by atoms with E-state index in [-0.39, 0.29) is 18.5 Å². The average molecular weight is 256 g/mol. The van der Waals surface area contributed by atoms with Crippen LogP contribution in [-0.2, 0) is 4.79 Å². The molecule has 0 aromatic rings. The third kappa shape index (κ3) is 4.20. The fourth-order valence-electron chi connectivity index (χ4n) is 2.18. The second-order valence-electron chi connectivity index (χ2n) is 5.35. The first kappa shape index (κ1) is 14.8. The summed E-state index contributed by atoms with van der Waals surface area (Å²) in [5, 5.41) is 8.65. The minimum Gasteiger partial charge on any atom is -0.481 e. The van der Waals surface area contributed by atoms with Crippen molar-refractivity contribution in [3.05, 3.63) is 0 Å². The molecule has 0 unspecified atom stereocenters. The lowest BCUT2D eigenvalue weighted by atomic mass is 9.92. The summed E-state index contributed by atoms with van der Waals surface area (Å²) in [4.78, 5) is 26.2. The fourth-order valence-corrected chi connectivity index (χ4v) is 2.18. The highest BCUT2D eigenvalue weighted by Crippen LogP contribution is 2.22. The van der Waals surface area contributed by atoms with E-state index in [1.54, 1.807) is 4.90 Å². The maximum absolute atomic E-state index is 12.1. The molecule has 5 nitrogen and oxygen atoms in total. The van der Waals surface area contributed by atoms with Crippen LogP contribution >= 0.6 is 0 Å². The molecule has 0 atom stereocenters. The maximum atomic E-state index is 12.1. The normalized spacial score (nSPS) is 17.0. The van der Waals surface area contributed by atoms with E-state index in [2.05, 4.69) is 0 Å². The van der Waals surface area contributed by atoms with Crippen LogP contribution in [0.4, 0.5) is 4.79 Å². The number of carbonyl (C=O) groups excluding carboxylic acids is 1. The smallest absolute Gasteiger partial charge is 0.319 e. The third-order valence-electron chi connectivity index (χ3n) is 3.73. The van der Waals surface area contributed by atoms with Crippen molar-refractivity contribution in [3.8, 4) is 0 Å². The van der Waals surface area contributed by atoms with E-state index in [0.29, 0.717) is 5.92 Å². The molecule has 104 valence electrons. The van der Waals surface area contributed by atoms with Gasteiger partial charge in [0.15, 0.2) is 0 Å². The Hall–Kier alpha value is -1.26. The number of hydrogen-bond acceptors (Lipinski definition) is 2. The van der Waals surface area contributed by atoms with Crippen molar-refractivity contribution in [2.24, 2.45) is 5.92 Å². The summed E-state index contributed by atoms with van der Waals surface area (Å²) in [6, 6.07) is 0.295. The van der Waals surface area contributed by atoms with Crippen LogP contribution < -0.4 is 0 Å². The van der Waals surface area contributed by atoms with Crippen LogP contribution in [0.5, 0.6) is 0 Å². The van der Waals surface area contributed by atoms with Gasteiger partial charge < -0.3 is 14.9 Å². The van der Waals surface area contributed by atoms with Crippen molar-refractivity contribution in [2.75, 3.05) is 20.1 Å². The van der Waals surface area contributed by atoms with Gasteiger partial charge in [-0.1, -0.05) is 0 Å². The van der Waals surface area contributed by atoms with Crippen molar-refractivity contribution >= 4 is 12.0 Å². The molecule has 0 aliphatic carbocycles. The summed E-state index contributed by atoms with van der Waals surface area (Å²) >= 11 is 0. The van der Waals surface area contributed by atoms with Crippen molar-refractivity contribution in [3.63, 3.8) is 0 Å². The standard InChI is InChI=1S/C13H24N2O3/c1-10(2)14(3)13(18)15-8-6-11(7-9-15)4-5-12(16)17/h10-11H,4-9H2,1-3H3,(H,16,17). The number of aliphatic carboxylic acids is 1. The van der Waals surface area contributed by atoms with E-state index >= 15 is 0 Å². The van der Waals surface area contributed by atoms with E-state index in [1.165, 1.54) is 0 Å². The molecule has 0 aromatic carbocycles. The fraction of sp³-hybridized carbons (Fsp3) is 0.846. The van der Waals surface area contributed by atoms with Crippen LogP contribution in [0.25, 0.3) is 0 Å². The van der Waals surface area contributed by atoms with Gasteiger partial charge in [0.2, 0.25) is 0 Å². The number of urea groups is 1. The van der Waals surface area contributed by atoms with Crippen LogP contribution in [-0.4, -0.2) is 53.1 Å². The minimum atomic E-state index is -0.729. The highest BCUT2D eigenvalue weighted by Gasteiger charge is 2.25. The quantitative estimate of drug-likeness (QED) is 0.837. The summed E-state index contributed by atoms with van der Waals surface area (Å²) in [5.74, 6) is -0.275. The molecule has 0 aromatic heterocycles. The molecule has 5 heteroatoms. The second-order valence-corrected chi connectivity index (χ2v) is 5.35. The lowest BCUT2D eigenvalue weighted by molar-refractivity contribution is -0.137. The van der Waals surface area contributed by atoms with Crippen LogP contribution in [0.2, 0.25) is 0 Å². The van der Waals surface area contributed by atoms with Crippen LogP contribution in [0.3, 0.4) is 0 Å². The van der Waals surface area contributed by atoms with Crippen molar-refractivity contribution in [1.82, 2.24) is 9.80 Å². The van der Waals surface area contributed by atoms with E-state index in [4.69, 9.17) is 5.11 Å². The topological polar surface area (TPSA) is 60.9 Å². The summed E-state index contributed by atoms with van der Waals surface area (Å²) in [7, 11) is 1.82. The van der Waals surface area contributed by atoms with E-state index in [1.807, 2.05) is 25.8 Å². The molecule has 1 saturated heterocycles. The summed E-state index contributed by atoms with van der Waals surface area (Å²) in [6.07, 6.45) is 2.82. The molecule has 0 saturated carbocycles. The largest absolute Gasteiger partial charge is 0.481 e. The van der Waals surface area contributed by atoms with E-state index < -0.39 is 5.97 Å². The Bertz CT molecular complexity index is 297. The van der Waals surface area contributed by atoms with Crippen molar-refractivity contribution in [1.29, 1.82) is 0 Å². The van der Waals surface area contributed by atoms with Gasteiger partial charge in [0.05, 0.1) is 0 Å². The van der Waals surface area contributed by atoms with E-state index in [0.717, 1.165) is 32.4 Å². The zero-order valence-electron chi connectivity index (χ0n) is 11.6. The van der Waals surface area contributed by atoms with Gasteiger partial charge >= 0.3 is 12.0 Å². The number of carbonyl (C=O) groups is 2. The SMILES string of the molecule is CC(C)N(C)C(=O)N1CCC(CCC(=O)O)CC1. The Morgan fingerprint density at radius 1 is 1.33 bits per heavy atom. The van der Waals surface area contributed by atoms with Gasteiger partial charge in [-0.25, -0.2) is 4.79 Å². The summed E-state index contributed by atoms with van der Waals surface area (Å²) in [6.45, 7) is 5.50. The number of amides is 2. The first-order valence-corrected chi connectivity index (χ1v) is 6.65. The maximum Gasteiger partial charge on any atom is 0.319 e. The van der Waals surface area contributed by atoms with Crippen LogP contribution in [0.1, 0.15) is 39.5 Å². The summed E-state index contributed by atoms with van der Waals surface area (Å²) < 4.78 is 0. The van der Waals surface area contributed by atoms with Gasteiger partial charge in [-0.15, -0.1) is 0 Å². The zero-order valence-corrected chi connectivity index (χ0v) is 11.6. The van der Waals surface area contributed by atoms with Gasteiger partial charge in [-0.05, 0) is 39.0 Å². The zero-order chi connectivity index (χ0) is 13.7. The molecule has 0 spiro atoms. The number of hydrogen-bond donors (Lipinski definition) is 1. The molecule has 1 aliphatic rings. The summed E-state index contributed by atoms with van der Waals surface area (Å²) in [5.41, 5.74) is 0. The first-order chi connectivity index (χ1) is 8.41. The first-order valence-electron chi connectivity index (χ1n) is 6.65. The molecule has 18 heavy (non-hydrogen) atoms. The molecule has 1 rings (SSSR count). The average Bonchev–Trinajstić information content (AvgIpc) is 2.35. The Kier molecular flexibility index (Phi) is 5.44. The van der Waals surface area contributed by atoms with Gasteiger partial charge in [0, 0.05) is 32.6 Å². The lowest BCUT2D eigenvalue weighted by Gasteiger charge is -2.35. The Labute approximate surface area is 109 Å². The minimum absolute atomic E-state index is 0.0849. The number of nitrogens with zero attached hydrogens (tertiary/aromatic N) is 2. The highest BCUT2D eigenvalue weighted by atomic mass is 16.4. The molecule has 1 N–H and O–H groups in total. The highest BCUT2D eigenvalue weighted by molar-refractivity contribution is 5.74. The molecular weight excluding hydrogens is 232 g/mol. The Morgan fingerprint density at radius 2 is 1.89 bits per heavy atom. The van der Waals surface area contributed by atoms with Gasteiger partial charge in [0.25, 0.3) is 0 Å². The van der Waals surface area contributed by atoms with Gasteiger partial charge in [-0.2, -0.15) is 0 Å². The second kappa shape index (κ2) is 6.61. The predicted molar refractivity (Wildman–Crippen MR) is 69.5 cm³/mol. The Morgan fingerprint density at radius 3 is 2.33 bits per heavy atom. The van der Waals surface area contributed by atoms with Crippen molar-refractivity contribution < 1.29 is 14.7 Å². The molecule has 0 radical (unpaired) electrons. The third-order valence-corrected chi connectivity index (χ3v) is 3.73. The molecular formula is C13H24N2O3. The number of likely N-dealkylation sites (tertiary alicyclic amines) is 1. The molecule has 0 bridgehead atoms. The van der Waals surface area contributed by atoms with Gasteiger partial charge in [0.1, 0.15) is 0 Å². The molecule has 1 fully saturated rings. The molecule has 2 amide bonds. The van der Waals surface area contributed by atoms with E-state index in [9.17, 15) is 9.59 Å². The number of carboxylic acids is 1. The monoisotopic (exact) mass is 256 g/mol. The molecule has 1 heterocycles. The van der Waals surface area contributed by atoms with Gasteiger partial charge in [-0.3, -0.25) is 4.79 Å². The lowest BCUT2D eigenvalue weighted by Crippen LogP contribution is -2.47. The van der Waals surface area contributed by atoms with Crippen molar-refractivity contribution in [2.45, 2.75) is 45.6 Å². The Balaban J connectivity index is 2.35. The molecule has 1 aliphatic heterocycles. The van der Waals surface area contributed by atoms with Crippen LogP contribution in [0, 0.1) is 5.92 Å². The number of carboxylic acid groups (broad SMARTS) is 1. The predicted octanol–water partition coefficient (Wildman–Crippen LogP) is 2.02. The number of rotatable bonds is 4.